The summed E-state index contributed by atoms with van der Waals surface area (Å²) >= 11 is 0. The number of unbranched alkanes of at least 4 members (excludes halogenated alkanes) is 1. The fourth-order valence-electron chi connectivity index (χ4n) is 2.07. The van der Waals surface area contributed by atoms with Crippen LogP contribution in [0.3, 0.4) is 0 Å². The first-order valence-corrected chi connectivity index (χ1v) is 7.45. The lowest BCUT2D eigenvalue weighted by Gasteiger charge is -2.09. The molecule has 0 saturated heterocycles. The number of nitrogens with one attached hydrogen (secondary N) is 1. The Balaban J connectivity index is 1.91. The van der Waals surface area contributed by atoms with Crippen LogP contribution in [0.1, 0.15) is 56.6 Å². The highest BCUT2D eigenvalue weighted by atomic mass is 16.5. The van der Waals surface area contributed by atoms with E-state index in [4.69, 9.17) is 4.74 Å². The Morgan fingerprint density at radius 3 is 2.90 bits per heavy atom. The summed E-state index contributed by atoms with van der Waals surface area (Å²) < 4.78 is 5.82. The second kappa shape index (κ2) is 7.13. The molecule has 0 fully saturated rings. The van der Waals surface area contributed by atoms with Gasteiger partial charge in [-0.05, 0) is 30.0 Å². The lowest BCUT2D eigenvalue weighted by atomic mass is 10.0. The molecule has 0 aliphatic heterocycles. The molecule has 0 saturated carbocycles. The third-order valence-electron chi connectivity index (χ3n) is 3.36. The van der Waals surface area contributed by atoms with Crippen LogP contribution in [0.2, 0.25) is 0 Å². The van der Waals surface area contributed by atoms with Crippen molar-refractivity contribution in [2.75, 3.05) is 0 Å². The summed E-state index contributed by atoms with van der Waals surface area (Å²) in [5.41, 5.74) is 2.26. The summed E-state index contributed by atoms with van der Waals surface area (Å²) in [5.74, 6) is 2.49. The number of hydrogen-bond acceptors (Lipinski definition) is 2. The van der Waals surface area contributed by atoms with E-state index in [1.165, 1.54) is 18.4 Å². The van der Waals surface area contributed by atoms with Gasteiger partial charge < -0.3 is 9.72 Å². The Labute approximate surface area is 121 Å². The van der Waals surface area contributed by atoms with Crippen molar-refractivity contribution < 1.29 is 4.74 Å². The Bertz CT molecular complexity index is 531. The molecular formula is C17H24N2O. The van der Waals surface area contributed by atoms with E-state index in [9.17, 15) is 0 Å². The SMILES string of the molecule is CCCCc1nc(COc2cccc(C(C)C)c2)c[nH]1. The van der Waals surface area contributed by atoms with Gasteiger partial charge in [0.1, 0.15) is 18.2 Å². The third-order valence-corrected chi connectivity index (χ3v) is 3.36. The number of hydrogen-bond donors (Lipinski definition) is 1. The average molecular weight is 272 g/mol. The molecule has 108 valence electrons. The van der Waals surface area contributed by atoms with Crippen LogP contribution in [0.4, 0.5) is 0 Å². The number of aromatic nitrogens is 2. The van der Waals surface area contributed by atoms with Crippen molar-refractivity contribution in [3.05, 3.63) is 47.5 Å². The summed E-state index contributed by atoms with van der Waals surface area (Å²) in [6.45, 7) is 7.08. The van der Waals surface area contributed by atoms with Crippen LogP contribution in [0.5, 0.6) is 5.75 Å². The first kappa shape index (κ1) is 14.6. The van der Waals surface area contributed by atoms with Crippen molar-refractivity contribution in [3.63, 3.8) is 0 Å². The maximum Gasteiger partial charge on any atom is 0.132 e. The predicted molar refractivity (Wildman–Crippen MR) is 82.1 cm³/mol. The van der Waals surface area contributed by atoms with E-state index in [0.717, 1.165) is 23.7 Å². The summed E-state index contributed by atoms with van der Waals surface area (Å²) in [5, 5.41) is 0. The molecule has 0 bridgehead atoms. The molecule has 0 unspecified atom stereocenters. The van der Waals surface area contributed by atoms with Gasteiger partial charge in [0.25, 0.3) is 0 Å². The predicted octanol–water partition coefficient (Wildman–Crippen LogP) is 4.45. The Morgan fingerprint density at radius 2 is 2.15 bits per heavy atom. The van der Waals surface area contributed by atoms with E-state index in [-0.39, 0.29) is 0 Å². The molecule has 0 radical (unpaired) electrons. The standard InChI is InChI=1S/C17H24N2O/c1-4-5-9-17-18-11-15(19-17)12-20-16-8-6-7-14(10-16)13(2)3/h6-8,10-11,13H,4-5,9,12H2,1-3H3,(H,18,19). The number of nitrogens with zero attached hydrogens (tertiary/aromatic N) is 1. The Hall–Kier alpha value is -1.77. The van der Waals surface area contributed by atoms with E-state index >= 15 is 0 Å². The van der Waals surface area contributed by atoms with Crippen LogP contribution in [0.15, 0.2) is 30.5 Å². The van der Waals surface area contributed by atoms with Gasteiger partial charge in [0, 0.05) is 12.6 Å². The third kappa shape index (κ3) is 4.12. The highest BCUT2D eigenvalue weighted by Gasteiger charge is 2.04. The van der Waals surface area contributed by atoms with Gasteiger partial charge in [0.05, 0.1) is 5.69 Å². The van der Waals surface area contributed by atoms with Crippen molar-refractivity contribution in [1.82, 2.24) is 9.97 Å². The number of aromatic amines is 1. The topological polar surface area (TPSA) is 37.9 Å². The molecule has 0 aliphatic rings. The molecule has 0 aliphatic carbocycles. The van der Waals surface area contributed by atoms with Crippen LogP contribution in [-0.4, -0.2) is 9.97 Å². The largest absolute Gasteiger partial charge is 0.487 e. The first-order valence-electron chi connectivity index (χ1n) is 7.45. The molecule has 3 nitrogen and oxygen atoms in total. The van der Waals surface area contributed by atoms with Gasteiger partial charge in [-0.2, -0.15) is 0 Å². The van der Waals surface area contributed by atoms with E-state index in [0.29, 0.717) is 12.5 Å². The zero-order valence-electron chi connectivity index (χ0n) is 12.6. The zero-order valence-corrected chi connectivity index (χ0v) is 12.6. The number of H-pyrrole nitrogens is 1. The molecule has 0 atom stereocenters. The molecule has 1 N–H and O–H groups in total. The monoisotopic (exact) mass is 272 g/mol. The fraction of sp³-hybridized carbons (Fsp3) is 0.471. The van der Waals surface area contributed by atoms with Crippen LogP contribution in [-0.2, 0) is 13.0 Å². The maximum absolute atomic E-state index is 5.82. The number of aryl methyl sites for hydroxylation is 1. The maximum atomic E-state index is 5.82. The number of ether oxygens (including phenoxy) is 1. The smallest absolute Gasteiger partial charge is 0.132 e. The van der Waals surface area contributed by atoms with E-state index in [1.54, 1.807) is 0 Å². The molecule has 0 spiro atoms. The normalized spacial score (nSPS) is 11.0. The highest BCUT2D eigenvalue weighted by molar-refractivity contribution is 5.30. The molecule has 20 heavy (non-hydrogen) atoms. The molecule has 2 aromatic rings. The summed E-state index contributed by atoms with van der Waals surface area (Å²) in [7, 11) is 0. The zero-order chi connectivity index (χ0) is 14.4. The highest BCUT2D eigenvalue weighted by Crippen LogP contribution is 2.20. The Morgan fingerprint density at radius 1 is 1.30 bits per heavy atom. The second-order valence-electron chi connectivity index (χ2n) is 5.46. The minimum atomic E-state index is 0.518. The second-order valence-corrected chi connectivity index (χ2v) is 5.46. The van der Waals surface area contributed by atoms with Crippen molar-refractivity contribution in [3.8, 4) is 5.75 Å². The molecule has 0 amide bonds. The lowest BCUT2D eigenvalue weighted by Crippen LogP contribution is -1.97. The van der Waals surface area contributed by atoms with Gasteiger partial charge in [-0.3, -0.25) is 0 Å². The number of rotatable bonds is 7. The molecule has 1 aromatic carbocycles. The molecule has 1 heterocycles. The summed E-state index contributed by atoms with van der Waals surface area (Å²) in [6, 6.07) is 8.28. The van der Waals surface area contributed by atoms with Crippen molar-refractivity contribution in [2.45, 2.75) is 52.6 Å². The molecule has 2 rings (SSSR count). The molecule has 1 aromatic heterocycles. The minimum absolute atomic E-state index is 0.518. The van der Waals surface area contributed by atoms with Crippen LogP contribution < -0.4 is 4.74 Å². The number of benzene rings is 1. The van der Waals surface area contributed by atoms with E-state index < -0.39 is 0 Å². The Kier molecular flexibility index (Phi) is 5.22. The van der Waals surface area contributed by atoms with E-state index in [1.807, 2.05) is 18.3 Å². The van der Waals surface area contributed by atoms with Crippen LogP contribution >= 0.6 is 0 Å². The van der Waals surface area contributed by atoms with Gasteiger partial charge in [-0.15, -0.1) is 0 Å². The van der Waals surface area contributed by atoms with E-state index in [2.05, 4.69) is 42.9 Å². The summed E-state index contributed by atoms with van der Waals surface area (Å²) in [4.78, 5) is 7.76. The lowest BCUT2D eigenvalue weighted by molar-refractivity contribution is 0.301. The quantitative estimate of drug-likeness (QED) is 0.808. The minimum Gasteiger partial charge on any atom is -0.487 e. The molecular weight excluding hydrogens is 248 g/mol. The van der Waals surface area contributed by atoms with Crippen molar-refractivity contribution in [2.24, 2.45) is 0 Å². The first-order chi connectivity index (χ1) is 9.69. The van der Waals surface area contributed by atoms with Gasteiger partial charge in [-0.25, -0.2) is 4.98 Å². The average Bonchev–Trinajstić information content (AvgIpc) is 2.91. The fourth-order valence-corrected chi connectivity index (χ4v) is 2.07. The van der Waals surface area contributed by atoms with Gasteiger partial charge in [0.15, 0.2) is 0 Å². The van der Waals surface area contributed by atoms with Gasteiger partial charge >= 0.3 is 0 Å². The van der Waals surface area contributed by atoms with Crippen LogP contribution in [0, 0.1) is 0 Å². The van der Waals surface area contributed by atoms with Gasteiger partial charge in [0.2, 0.25) is 0 Å². The van der Waals surface area contributed by atoms with Crippen molar-refractivity contribution >= 4 is 0 Å². The van der Waals surface area contributed by atoms with Gasteiger partial charge in [-0.1, -0.05) is 39.3 Å². The molecule has 3 heteroatoms. The number of imidazole rings is 1. The van der Waals surface area contributed by atoms with Crippen LogP contribution in [0.25, 0.3) is 0 Å². The van der Waals surface area contributed by atoms with Crippen molar-refractivity contribution in [1.29, 1.82) is 0 Å². The summed E-state index contributed by atoms with van der Waals surface area (Å²) in [6.07, 6.45) is 5.31.